The largest absolute Gasteiger partial charge is 0.495 e. The first-order valence-corrected chi connectivity index (χ1v) is 6.72. The van der Waals surface area contributed by atoms with Crippen LogP contribution in [-0.2, 0) is 0 Å². The first-order chi connectivity index (χ1) is 10.1. The van der Waals surface area contributed by atoms with Crippen LogP contribution in [-0.4, -0.2) is 29.5 Å². The molecule has 0 saturated carbocycles. The highest BCUT2D eigenvalue weighted by Crippen LogP contribution is 2.27. The van der Waals surface area contributed by atoms with E-state index in [1.54, 1.807) is 18.2 Å². The number of halogens is 1. The Hall–Kier alpha value is -2.34. The number of methoxy groups -OCH3 is 1. The number of aromatic nitrogens is 2. The maximum absolute atomic E-state index is 12.0. The number of nitrogens with zero attached hydrogens (tertiary/aromatic N) is 2. The van der Waals surface area contributed by atoms with Crippen LogP contribution in [0, 0.1) is 0 Å². The van der Waals surface area contributed by atoms with E-state index in [4.69, 9.17) is 16.3 Å². The average Bonchev–Trinajstić information content (AvgIpc) is 2.48. The summed E-state index contributed by atoms with van der Waals surface area (Å²) in [7, 11) is 1.53. The van der Waals surface area contributed by atoms with Gasteiger partial charge >= 0.3 is 0 Å². The summed E-state index contributed by atoms with van der Waals surface area (Å²) in [5.41, 5.74) is 0.784. The molecule has 2 N–H and O–H groups in total. The zero-order valence-electron chi connectivity index (χ0n) is 11.7. The van der Waals surface area contributed by atoms with Crippen molar-refractivity contribution in [3.05, 3.63) is 41.3 Å². The number of anilines is 2. The number of amides is 1. The Bertz CT molecular complexity index is 631. The molecule has 21 heavy (non-hydrogen) atoms. The second-order valence-electron chi connectivity index (χ2n) is 4.12. The summed E-state index contributed by atoms with van der Waals surface area (Å²) in [6.07, 6.45) is 2.93. The minimum atomic E-state index is -0.355. The third-order valence-corrected chi connectivity index (χ3v) is 2.95. The first-order valence-electron chi connectivity index (χ1n) is 6.35. The molecule has 7 heteroatoms. The topological polar surface area (TPSA) is 76.1 Å². The van der Waals surface area contributed by atoms with Gasteiger partial charge in [-0.1, -0.05) is 11.6 Å². The minimum Gasteiger partial charge on any atom is -0.495 e. The van der Waals surface area contributed by atoms with E-state index in [0.29, 0.717) is 22.3 Å². The van der Waals surface area contributed by atoms with Crippen LogP contribution in [0.3, 0.4) is 0 Å². The van der Waals surface area contributed by atoms with Gasteiger partial charge in [0.15, 0.2) is 0 Å². The lowest BCUT2D eigenvalue weighted by Gasteiger charge is -2.08. The molecule has 0 spiro atoms. The van der Waals surface area contributed by atoms with Crippen molar-refractivity contribution in [3.63, 3.8) is 0 Å². The molecule has 2 rings (SSSR count). The number of rotatable bonds is 5. The zero-order valence-corrected chi connectivity index (χ0v) is 12.4. The van der Waals surface area contributed by atoms with E-state index in [1.165, 1.54) is 19.5 Å². The summed E-state index contributed by atoms with van der Waals surface area (Å²) < 4.78 is 5.05. The molecule has 0 atom stereocenters. The highest BCUT2D eigenvalue weighted by molar-refractivity contribution is 6.32. The predicted molar refractivity (Wildman–Crippen MR) is 82.2 cm³/mol. The molecule has 1 amide bonds. The lowest BCUT2D eigenvalue weighted by molar-refractivity contribution is 0.102. The minimum absolute atomic E-state index is 0.226. The Morgan fingerprint density at radius 2 is 2.14 bits per heavy atom. The lowest BCUT2D eigenvalue weighted by atomic mass is 10.3. The number of carbonyl (C=O) groups is 1. The number of ether oxygens (including phenoxy) is 1. The van der Waals surface area contributed by atoms with Gasteiger partial charge in [-0.05, 0) is 25.1 Å². The molecule has 0 aliphatic heterocycles. The Balaban J connectivity index is 2.08. The second kappa shape index (κ2) is 6.90. The third kappa shape index (κ3) is 3.82. The van der Waals surface area contributed by atoms with Crippen LogP contribution < -0.4 is 15.4 Å². The fraction of sp³-hybridized carbons (Fsp3) is 0.214. The van der Waals surface area contributed by atoms with Gasteiger partial charge in [-0.25, -0.2) is 9.97 Å². The number of hydrogen-bond donors (Lipinski definition) is 2. The van der Waals surface area contributed by atoms with Gasteiger partial charge in [0.25, 0.3) is 5.91 Å². The molecule has 110 valence electrons. The smallest absolute Gasteiger partial charge is 0.275 e. The third-order valence-electron chi connectivity index (χ3n) is 2.65. The first kappa shape index (κ1) is 15.1. The fourth-order valence-corrected chi connectivity index (χ4v) is 1.91. The summed E-state index contributed by atoms with van der Waals surface area (Å²) in [5, 5.41) is 6.13. The maximum atomic E-state index is 12.0. The molecule has 1 aromatic carbocycles. The van der Waals surface area contributed by atoms with Crippen LogP contribution in [0.15, 0.2) is 30.6 Å². The molecule has 1 heterocycles. The number of hydrogen-bond acceptors (Lipinski definition) is 5. The molecule has 0 radical (unpaired) electrons. The van der Waals surface area contributed by atoms with Crippen molar-refractivity contribution in [1.82, 2.24) is 9.97 Å². The molecule has 0 saturated heterocycles. The lowest BCUT2D eigenvalue weighted by Crippen LogP contribution is -2.14. The van der Waals surface area contributed by atoms with Crippen LogP contribution in [0.2, 0.25) is 5.02 Å². The quantitative estimate of drug-likeness (QED) is 0.888. The Morgan fingerprint density at radius 1 is 1.33 bits per heavy atom. The number of nitrogens with one attached hydrogen (secondary N) is 2. The van der Waals surface area contributed by atoms with Gasteiger partial charge in [-0.2, -0.15) is 0 Å². The van der Waals surface area contributed by atoms with Crippen LogP contribution in [0.1, 0.15) is 17.4 Å². The zero-order chi connectivity index (χ0) is 15.2. The van der Waals surface area contributed by atoms with E-state index in [1.807, 2.05) is 6.92 Å². The summed E-state index contributed by atoms with van der Waals surface area (Å²) >= 11 is 6.00. The van der Waals surface area contributed by atoms with E-state index >= 15 is 0 Å². The van der Waals surface area contributed by atoms with Crippen LogP contribution in [0.4, 0.5) is 11.5 Å². The van der Waals surface area contributed by atoms with Crippen LogP contribution in [0.25, 0.3) is 0 Å². The van der Waals surface area contributed by atoms with Crippen molar-refractivity contribution in [2.45, 2.75) is 6.92 Å². The molecule has 0 bridgehead atoms. The van der Waals surface area contributed by atoms with Gasteiger partial charge in [0.2, 0.25) is 0 Å². The average molecular weight is 307 g/mol. The van der Waals surface area contributed by atoms with E-state index in [9.17, 15) is 4.79 Å². The van der Waals surface area contributed by atoms with E-state index in [-0.39, 0.29) is 11.6 Å². The molecular weight excluding hydrogens is 292 g/mol. The van der Waals surface area contributed by atoms with Gasteiger partial charge in [0, 0.05) is 12.2 Å². The predicted octanol–water partition coefficient (Wildman–Crippen LogP) is 2.82. The highest BCUT2D eigenvalue weighted by Gasteiger charge is 2.10. The monoisotopic (exact) mass is 306 g/mol. The molecule has 2 aromatic rings. The maximum Gasteiger partial charge on any atom is 0.275 e. The van der Waals surface area contributed by atoms with E-state index in [0.717, 1.165) is 6.54 Å². The highest BCUT2D eigenvalue weighted by atomic mass is 35.5. The van der Waals surface area contributed by atoms with Crippen molar-refractivity contribution in [1.29, 1.82) is 0 Å². The summed E-state index contributed by atoms with van der Waals surface area (Å²) in [6.45, 7) is 2.69. The van der Waals surface area contributed by atoms with Crippen molar-refractivity contribution in [3.8, 4) is 5.75 Å². The Kier molecular flexibility index (Phi) is 4.94. The molecule has 0 fully saturated rings. The van der Waals surface area contributed by atoms with Gasteiger partial charge in [-0.15, -0.1) is 0 Å². The van der Waals surface area contributed by atoms with Crippen molar-refractivity contribution >= 4 is 29.0 Å². The normalized spacial score (nSPS) is 10.0. The Morgan fingerprint density at radius 3 is 2.71 bits per heavy atom. The number of carbonyl (C=O) groups excluding carboxylic acids is 1. The Labute approximate surface area is 127 Å². The van der Waals surface area contributed by atoms with Gasteiger partial charge in [0.1, 0.15) is 17.3 Å². The fourth-order valence-electron chi connectivity index (χ4n) is 1.66. The molecule has 0 unspecified atom stereocenters. The molecular formula is C14H15ClN4O2. The SMILES string of the molecule is CCNc1cnc(C(=O)Nc2ccc(OC)c(Cl)c2)cn1. The summed E-state index contributed by atoms with van der Waals surface area (Å²) in [6, 6.07) is 4.99. The standard InChI is InChI=1S/C14H15ClN4O2/c1-3-16-13-8-17-11(7-18-13)14(20)19-9-4-5-12(21-2)10(15)6-9/h4-8H,3H2,1-2H3,(H,16,18)(H,19,20). The van der Waals surface area contributed by atoms with Crippen molar-refractivity contribution in [2.24, 2.45) is 0 Å². The van der Waals surface area contributed by atoms with E-state index < -0.39 is 0 Å². The second-order valence-corrected chi connectivity index (χ2v) is 4.53. The number of benzene rings is 1. The molecule has 1 aromatic heterocycles. The summed E-state index contributed by atoms with van der Waals surface area (Å²) in [5.74, 6) is 0.817. The van der Waals surface area contributed by atoms with Crippen LogP contribution in [0.5, 0.6) is 5.75 Å². The van der Waals surface area contributed by atoms with E-state index in [2.05, 4.69) is 20.6 Å². The summed E-state index contributed by atoms with van der Waals surface area (Å²) in [4.78, 5) is 20.2. The van der Waals surface area contributed by atoms with Gasteiger partial charge in [0.05, 0.1) is 24.5 Å². The molecule has 6 nitrogen and oxygen atoms in total. The van der Waals surface area contributed by atoms with Gasteiger partial charge < -0.3 is 15.4 Å². The molecule has 0 aliphatic carbocycles. The van der Waals surface area contributed by atoms with Crippen LogP contribution >= 0.6 is 11.6 Å². The van der Waals surface area contributed by atoms with Crippen molar-refractivity contribution < 1.29 is 9.53 Å². The van der Waals surface area contributed by atoms with Crippen molar-refractivity contribution in [2.75, 3.05) is 24.3 Å². The van der Waals surface area contributed by atoms with Gasteiger partial charge in [-0.3, -0.25) is 4.79 Å². The molecule has 0 aliphatic rings.